The number of hydrogen-bond donors (Lipinski definition) is 1. The molecule has 4 nitrogen and oxygen atoms in total. The maximum atomic E-state index is 12.9. The first kappa shape index (κ1) is 22.3. The Morgan fingerprint density at radius 3 is 2.46 bits per heavy atom. The van der Waals surface area contributed by atoms with Crippen molar-refractivity contribution in [3.05, 3.63) is 65.2 Å². The Morgan fingerprint density at radius 2 is 1.81 bits per heavy atom. The van der Waals surface area contributed by atoms with Gasteiger partial charge in [-0.1, -0.05) is 36.4 Å². The second-order valence-electron chi connectivity index (χ2n) is 6.64. The molecule has 2 N–H and O–H groups in total. The van der Waals surface area contributed by atoms with Crippen LogP contribution in [0.25, 0.3) is 0 Å². The van der Waals surface area contributed by atoms with Crippen molar-refractivity contribution < 1.29 is 4.79 Å². The summed E-state index contributed by atoms with van der Waals surface area (Å²) in [4.78, 5) is 17.3. The fourth-order valence-corrected chi connectivity index (χ4v) is 3.34. The number of carbonyl (C=O) groups is 1. The Balaban J connectivity index is 0.00000169. The molecule has 3 rings (SSSR count). The van der Waals surface area contributed by atoms with E-state index in [1.54, 1.807) is 6.07 Å². The van der Waals surface area contributed by atoms with E-state index in [1.165, 1.54) is 5.56 Å². The van der Waals surface area contributed by atoms with Gasteiger partial charge in [0, 0.05) is 43.5 Å². The van der Waals surface area contributed by atoms with Crippen LogP contribution in [0.2, 0.25) is 0 Å². The average molecular weight is 396 g/mol. The van der Waals surface area contributed by atoms with Gasteiger partial charge in [0.15, 0.2) is 0 Å². The molecule has 1 unspecified atom stereocenters. The SMILES string of the molecule is Cc1ccc(N)cc1C(=O)N1CCN(Cc2ccccc2)CC1C.Cl.Cl. The number of piperazine rings is 1. The van der Waals surface area contributed by atoms with Crippen LogP contribution in [0.15, 0.2) is 48.5 Å². The molecule has 0 spiro atoms. The zero-order valence-corrected chi connectivity index (χ0v) is 16.9. The minimum atomic E-state index is 0. The smallest absolute Gasteiger partial charge is 0.254 e. The van der Waals surface area contributed by atoms with Crippen molar-refractivity contribution in [2.45, 2.75) is 26.4 Å². The van der Waals surface area contributed by atoms with Crippen LogP contribution in [0.3, 0.4) is 0 Å². The van der Waals surface area contributed by atoms with Gasteiger partial charge in [0.2, 0.25) is 0 Å². The lowest BCUT2D eigenvalue weighted by Gasteiger charge is -2.40. The lowest BCUT2D eigenvalue weighted by molar-refractivity contribution is 0.0475. The monoisotopic (exact) mass is 395 g/mol. The molecule has 1 fully saturated rings. The molecule has 0 aromatic heterocycles. The van der Waals surface area contributed by atoms with Gasteiger partial charge in [0.25, 0.3) is 5.91 Å². The van der Waals surface area contributed by atoms with Crippen molar-refractivity contribution in [2.24, 2.45) is 0 Å². The molecule has 0 aliphatic carbocycles. The van der Waals surface area contributed by atoms with E-state index in [9.17, 15) is 4.79 Å². The molecule has 0 saturated carbocycles. The molecule has 2 aromatic rings. The van der Waals surface area contributed by atoms with Gasteiger partial charge < -0.3 is 10.6 Å². The number of nitrogens with zero attached hydrogens (tertiary/aromatic N) is 2. The summed E-state index contributed by atoms with van der Waals surface area (Å²) < 4.78 is 0. The van der Waals surface area contributed by atoms with E-state index < -0.39 is 0 Å². The summed E-state index contributed by atoms with van der Waals surface area (Å²) in [6.45, 7) is 7.56. The summed E-state index contributed by atoms with van der Waals surface area (Å²) in [5.74, 6) is 0.0895. The number of aryl methyl sites for hydroxylation is 1. The van der Waals surface area contributed by atoms with Crippen LogP contribution >= 0.6 is 24.8 Å². The van der Waals surface area contributed by atoms with Crippen molar-refractivity contribution in [3.8, 4) is 0 Å². The molecule has 142 valence electrons. The number of nitrogens with two attached hydrogens (primary N) is 1. The van der Waals surface area contributed by atoms with E-state index in [-0.39, 0.29) is 36.8 Å². The van der Waals surface area contributed by atoms with E-state index in [1.807, 2.05) is 30.0 Å². The lowest BCUT2D eigenvalue weighted by atomic mass is 10.0. The Morgan fingerprint density at radius 1 is 1.12 bits per heavy atom. The molecule has 0 radical (unpaired) electrons. The number of rotatable bonds is 3. The zero-order chi connectivity index (χ0) is 17.1. The largest absolute Gasteiger partial charge is 0.399 e. The van der Waals surface area contributed by atoms with Crippen LogP contribution in [0.4, 0.5) is 5.69 Å². The molecule has 6 heteroatoms. The summed E-state index contributed by atoms with van der Waals surface area (Å²) in [5.41, 5.74) is 9.51. The first-order chi connectivity index (χ1) is 11.5. The molecule has 1 aliphatic heterocycles. The molecular formula is C20H27Cl2N3O. The van der Waals surface area contributed by atoms with Crippen LogP contribution in [0.1, 0.15) is 28.4 Å². The zero-order valence-electron chi connectivity index (χ0n) is 15.2. The Kier molecular flexibility index (Phi) is 8.41. The Hall–Kier alpha value is -1.75. The van der Waals surface area contributed by atoms with Gasteiger partial charge in [0.1, 0.15) is 0 Å². The van der Waals surface area contributed by atoms with Gasteiger partial charge >= 0.3 is 0 Å². The minimum absolute atomic E-state index is 0. The van der Waals surface area contributed by atoms with E-state index >= 15 is 0 Å². The summed E-state index contributed by atoms with van der Waals surface area (Å²) in [7, 11) is 0. The Labute approximate surface area is 168 Å². The third-order valence-electron chi connectivity index (χ3n) is 4.71. The highest BCUT2D eigenvalue weighted by molar-refractivity contribution is 5.96. The topological polar surface area (TPSA) is 49.6 Å². The summed E-state index contributed by atoms with van der Waals surface area (Å²) >= 11 is 0. The van der Waals surface area contributed by atoms with Gasteiger partial charge in [-0.2, -0.15) is 0 Å². The lowest BCUT2D eigenvalue weighted by Crippen LogP contribution is -2.53. The van der Waals surface area contributed by atoms with E-state index in [0.29, 0.717) is 5.69 Å². The van der Waals surface area contributed by atoms with Crippen LogP contribution < -0.4 is 5.73 Å². The number of anilines is 1. The molecule has 1 heterocycles. The number of halogens is 2. The van der Waals surface area contributed by atoms with Crippen molar-refractivity contribution >= 4 is 36.4 Å². The highest BCUT2D eigenvalue weighted by atomic mass is 35.5. The highest BCUT2D eigenvalue weighted by Gasteiger charge is 2.28. The van der Waals surface area contributed by atoms with Crippen molar-refractivity contribution in [2.75, 3.05) is 25.4 Å². The first-order valence-electron chi connectivity index (χ1n) is 8.48. The molecule has 26 heavy (non-hydrogen) atoms. The third kappa shape index (κ3) is 5.13. The number of nitrogen functional groups attached to an aromatic ring is 1. The average Bonchev–Trinajstić information content (AvgIpc) is 2.57. The van der Waals surface area contributed by atoms with Crippen LogP contribution in [0, 0.1) is 6.92 Å². The van der Waals surface area contributed by atoms with Crippen molar-refractivity contribution in [1.29, 1.82) is 0 Å². The van der Waals surface area contributed by atoms with Gasteiger partial charge in [-0.15, -0.1) is 24.8 Å². The molecule has 1 aliphatic rings. The number of benzene rings is 2. The molecule has 2 aromatic carbocycles. The standard InChI is InChI=1S/C20H25N3O.2ClH/c1-15-8-9-18(21)12-19(15)20(24)23-11-10-22(13-16(23)2)14-17-6-4-3-5-7-17;;/h3-9,12,16H,10-11,13-14,21H2,1-2H3;2*1H. The van der Waals surface area contributed by atoms with Gasteiger partial charge in [-0.3, -0.25) is 9.69 Å². The predicted molar refractivity (Wildman–Crippen MR) is 112 cm³/mol. The minimum Gasteiger partial charge on any atom is -0.399 e. The Bertz CT molecular complexity index is 724. The van der Waals surface area contributed by atoms with Gasteiger partial charge in [-0.05, 0) is 37.1 Å². The van der Waals surface area contributed by atoms with Crippen molar-refractivity contribution in [1.82, 2.24) is 9.80 Å². The van der Waals surface area contributed by atoms with Gasteiger partial charge in [-0.25, -0.2) is 0 Å². The summed E-state index contributed by atoms with van der Waals surface area (Å²) in [6.07, 6.45) is 0. The normalized spacial score (nSPS) is 17.2. The van der Waals surface area contributed by atoms with E-state index in [4.69, 9.17) is 5.73 Å². The quantitative estimate of drug-likeness (QED) is 0.804. The molecule has 1 saturated heterocycles. The molecular weight excluding hydrogens is 369 g/mol. The maximum absolute atomic E-state index is 12.9. The first-order valence-corrected chi connectivity index (χ1v) is 8.48. The molecule has 1 amide bonds. The second kappa shape index (κ2) is 9.81. The van der Waals surface area contributed by atoms with Crippen LogP contribution in [-0.4, -0.2) is 41.4 Å². The summed E-state index contributed by atoms with van der Waals surface area (Å²) in [6, 6.07) is 16.2. The fraction of sp³-hybridized carbons (Fsp3) is 0.350. The molecule has 1 atom stereocenters. The van der Waals surface area contributed by atoms with Gasteiger partial charge in [0.05, 0.1) is 0 Å². The van der Waals surface area contributed by atoms with Crippen LogP contribution in [-0.2, 0) is 6.54 Å². The van der Waals surface area contributed by atoms with Crippen molar-refractivity contribution in [3.63, 3.8) is 0 Å². The maximum Gasteiger partial charge on any atom is 0.254 e. The summed E-state index contributed by atoms with van der Waals surface area (Å²) in [5, 5.41) is 0. The second-order valence-corrected chi connectivity index (χ2v) is 6.64. The number of carbonyl (C=O) groups excluding carboxylic acids is 1. The van der Waals surface area contributed by atoms with E-state index in [0.717, 1.165) is 37.3 Å². The predicted octanol–water partition coefficient (Wildman–Crippen LogP) is 3.77. The highest BCUT2D eigenvalue weighted by Crippen LogP contribution is 2.19. The van der Waals surface area contributed by atoms with E-state index in [2.05, 4.69) is 36.1 Å². The third-order valence-corrected chi connectivity index (χ3v) is 4.71. The molecule has 0 bridgehead atoms. The number of hydrogen-bond acceptors (Lipinski definition) is 3. The number of amides is 1. The fourth-order valence-electron chi connectivity index (χ4n) is 3.34. The van der Waals surface area contributed by atoms with Crippen LogP contribution in [0.5, 0.6) is 0 Å².